The molecular weight excluding hydrogens is 156 g/mol. The Kier molecular flexibility index (Phi) is 3.43. The van der Waals surface area contributed by atoms with Crippen LogP contribution in [-0.2, 0) is 4.79 Å². The maximum absolute atomic E-state index is 10.1. The Morgan fingerprint density at radius 3 is 2.33 bits per heavy atom. The van der Waals surface area contributed by atoms with Gasteiger partial charge >= 0.3 is 5.97 Å². The van der Waals surface area contributed by atoms with E-state index in [1.807, 2.05) is 0 Å². The first-order chi connectivity index (χ1) is 3.98. The first kappa shape index (κ1) is 9.17. The zero-order valence-corrected chi connectivity index (χ0v) is 6.95. The summed E-state index contributed by atoms with van der Waals surface area (Å²) in [7, 11) is 0. The standard InChI is InChI=1S/C5H10O2S2/c1-5(9,3-8)2-4(6)7/h8-9H,2-3H2,1H3,(H,6,7). The van der Waals surface area contributed by atoms with Gasteiger partial charge in [0, 0.05) is 10.5 Å². The molecule has 0 aliphatic rings. The predicted molar refractivity (Wildman–Crippen MR) is 43.5 cm³/mol. The third-order valence-corrected chi connectivity index (χ3v) is 2.14. The van der Waals surface area contributed by atoms with Gasteiger partial charge in [0.2, 0.25) is 0 Å². The van der Waals surface area contributed by atoms with E-state index in [-0.39, 0.29) is 6.42 Å². The number of carboxylic acids is 1. The predicted octanol–water partition coefficient (Wildman–Crippen LogP) is 1.08. The molecule has 0 rings (SSSR count). The molecule has 0 aliphatic heterocycles. The van der Waals surface area contributed by atoms with Gasteiger partial charge in [-0.05, 0) is 6.92 Å². The van der Waals surface area contributed by atoms with E-state index < -0.39 is 10.7 Å². The number of thiol groups is 2. The third-order valence-electron chi connectivity index (χ3n) is 0.873. The topological polar surface area (TPSA) is 37.3 Å². The monoisotopic (exact) mass is 166 g/mol. The summed E-state index contributed by atoms with van der Waals surface area (Å²) in [5.41, 5.74) is 0. The van der Waals surface area contributed by atoms with Crippen LogP contribution in [0.15, 0.2) is 0 Å². The molecule has 0 aromatic carbocycles. The molecule has 1 atom stereocenters. The summed E-state index contributed by atoms with van der Waals surface area (Å²) in [6, 6.07) is 0. The second-order valence-corrected chi connectivity index (χ2v) is 3.62. The number of aliphatic carboxylic acids is 1. The Balaban J connectivity index is 3.71. The quantitative estimate of drug-likeness (QED) is 0.549. The highest BCUT2D eigenvalue weighted by atomic mass is 32.1. The molecule has 0 bridgehead atoms. The molecular formula is C5H10O2S2. The molecule has 1 unspecified atom stereocenters. The van der Waals surface area contributed by atoms with Crippen LogP contribution in [0.3, 0.4) is 0 Å². The second-order valence-electron chi connectivity index (χ2n) is 2.23. The van der Waals surface area contributed by atoms with Gasteiger partial charge in [-0.3, -0.25) is 4.79 Å². The highest BCUT2D eigenvalue weighted by Gasteiger charge is 2.20. The van der Waals surface area contributed by atoms with Crippen molar-refractivity contribution in [2.45, 2.75) is 18.1 Å². The van der Waals surface area contributed by atoms with Crippen LogP contribution in [0.25, 0.3) is 0 Å². The molecule has 0 aromatic rings. The molecule has 0 aliphatic carbocycles. The van der Waals surface area contributed by atoms with E-state index in [0.717, 1.165) is 0 Å². The molecule has 1 N–H and O–H groups in total. The van der Waals surface area contributed by atoms with Crippen LogP contribution < -0.4 is 0 Å². The summed E-state index contributed by atoms with van der Waals surface area (Å²) < 4.78 is -0.477. The zero-order chi connectivity index (χ0) is 7.49. The van der Waals surface area contributed by atoms with Gasteiger partial charge in [-0.25, -0.2) is 0 Å². The minimum absolute atomic E-state index is 0.0552. The maximum Gasteiger partial charge on any atom is 0.304 e. The fourth-order valence-electron chi connectivity index (χ4n) is 0.382. The normalized spacial score (nSPS) is 16.8. The lowest BCUT2D eigenvalue weighted by atomic mass is 10.1. The Bertz CT molecular complexity index is 112. The molecule has 0 saturated carbocycles. The fraction of sp³-hybridized carbons (Fsp3) is 0.800. The molecule has 0 heterocycles. The Morgan fingerprint density at radius 2 is 2.22 bits per heavy atom. The molecule has 9 heavy (non-hydrogen) atoms. The summed E-state index contributed by atoms with van der Waals surface area (Å²) in [5.74, 6) is -0.357. The molecule has 0 amide bonds. The average Bonchev–Trinajstić information content (AvgIpc) is 1.63. The van der Waals surface area contributed by atoms with E-state index in [1.165, 1.54) is 0 Å². The maximum atomic E-state index is 10.1. The van der Waals surface area contributed by atoms with E-state index in [2.05, 4.69) is 25.3 Å². The lowest BCUT2D eigenvalue weighted by Crippen LogP contribution is -2.22. The molecule has 0 radical (unpaired) electrons. The van der Waals surface area contributed by atoms with Crippen molar-refractivity contribution in [2.24, 2.45) is 0 Å². The first-order valence-electron chi connectivity index (χ1n) is 2.53. The molecule has 0 fully saturated rings. The summed E-state index contributed by atoms with van der Waals surface area (Å²) in [6.45, 7) is 1.75. The van der Waals surface area contributed by atoms with Crippen molar-refractivity contribution in [3.63, 3.8) is 0 Å². The van der Waals surface area contributed by atoms with Crippen LogP contribution >= 0.6 is 25.3 Å². The minimum Gasteiger partial charge on any atom is -0.481 e. The van der Waals surface area contributed by atoms with Crippen LogP contribution in [0.2, 0.25) is 0 Å². The van der Waals surface area contributed by atoms with Crippen LogP contribution in [0.1, 0.15) is 13.3 Å². The van der Waals surface area contributed by atoms with Crippen LogP contribution in [0.4, 0.5) is 0 Å². The Labute approximate surface area is 65.5 Å². The smallest absolute Gasteiger partial charge is 0.304 e. The summed E-state index contributed by atoms with van der Waals surface area (Å²) >= 11 is 8.00. The minimum atomic E-state index is -0.832. The SMILES string of the molecule is CC(S)(CS)CC(=O)O. The van der Waals surface area contributed by atoms with Crippen LogP contribution in [-0.4, -0.2) is 21.6 Å². The molecule has 0 aromatic heterocycles. The molecule has 0 spiro atoms. The van der Waals surface area contributed by atoms with E-state index in [4.69, 9.17) is 5.11 Å². The summed E-state index contributed by atoms with van der Waals surface area (Å²) in [6.07, 6.45) is 0.0552. The van der Waals surface area contributed by atoms with Crippen LogP contribution in [0.5, 0.6) is 0 Å². The number of carbonyl (C=O) groups is 1. The van der Waals surface area contributed by atoms with E-state index in [9.17, 15) is 4.79 Å². The third kappa shape index (κ3) is 4.66. The highest BCUT2D eigenvalue weighted by Crippen LogP contribution is 2.19. The van der Waals surface area contributed by atoms with Gasteiger partial charge in [-0.15, -0.1) is 0 Å². The Hall–Kier alpha value is 0.170. The van der Waals surface area contributed by atoms with Crippen molar-refractivity contribution in [1.29, 1.82) is 0 Å². The lowest BCUT2D eigenvalue weighted by Gasteiger charge is -2.16. The van der Waals surface area contributed by atoms with Crippen LogP contribution in [0, 0.1) is 0 Å². The molecule has 4 heteroatoms. The zero-order valence-electron chi connectivity index (χ0n) is 5.16. The number of rotatable bonds is 3. The van der Waals surface area contributed by atoms with Gasteiger partial charge in [0.25, 0.3) is 0 Å². The number of hydrogen-bond acceptors (Lipinski definition) is 3. The average molecular weight is 166 g/mol. The van der Waals surface area contributed by atoms with E-state index >= 15 is 0 Å². The van der Waals surface area contributed by atoms with Gasteiger partial charge in [-0.1, -0.05) is 0 Å². The largest absolute Gasteiger partial charge is 0.481 e. The molecule has 2 nitrogen and oxygen atoms in total. The van der Waals surface area contributed by atoms with Gasteiger partial charge < -0.3 is 5.11 Å². The van der Waals surface area contributed by atoms with Gasteiger partial charge in [0.05, 0.1) is 6.42 Å². The van der Waals surface area contributed by atoms with Gasteiger partial charge in [0.15, 0.2) is 0 Å². The number of hydrogen-bond donors (Lipinski definition) is 3. The number of carboxylic acid groups (broad SMARTS) is 1. The van der Waals surface area contributed by atoms with Crippen molar-refractivity contribution >= 4 is 31.2 Å². The van der Waals surface area contributed by atoms with E-state index in [0.29, 0.717) is 5.75 Å². The molecule has 0 saturated heterocycles. The fourth-order valence-corrected chi connectivity index (χ4v) is 0.629. The molecule has 54 valence electrons. The van der Waals surface area contributed by atoms with Crippen molar-refractivity contribution in [3.8, 4) is 0 Å². The second kappa shape index (κ2) is 3.37. The van der Waals surface area contributed by atoms with Crippen molar-refractivity contribution in [3.05, 3.63) is 0 Å². The van der Waals surface area contributed by atoms with Gasteiger partial charge in [-0.2, -0.15) is 25.3 Å². The Morgan fingerprint density at radius 1 is 1.78 bits per heavy atom. The highest BCUT2D eigenvalue weighted by molar-refractivity contribution is 7.85. The van der Waals surface area contributed by atoms with Crippen molar-refractivity contribution < 1.29 is 9.90 Å². The lowest BCUT2D eigenvalue weighted by molar-refractivity contribution is -0.137. The summed E-state index contributed by atoms with van der Waals surface area (Å²) in [4.78, 5) is 10.1. The van der Waals surface area contributed by atoms with E-state index in [1.54, 1.807) is 6.92 Å². The van der Waals surface area contributed by atoms with Crippen molar-refractivity contribution in [2.75, 3.05) is 5.75 Å². The first-order valence-corrected chi connectivity index (χ1v) is 3.61. The van der Waals surface area contributed by atoms with Gasteiger partial charge in [0.1, 0.15) is 0 Å². The summed E-state index contributed by atoms with van der Waals surface area (Å²) in [5, 5.41) is 8.30. The van der Waals surface area contributed by atoms with Crippen molar-refractivity contribution in [1.82, 2.24) is 0 Å².